The molecule has 0 spiro atoms. The summed E-state index contributed by atoms with van der Waals surface area (Å²) in [5.74, 6) is 0. The first-order chi connectivity index (χ1) is 3.43. The molecular formula is C4H4BrN2. The van der Waals surface area contributed by atoms with E-state index < -0.39 is 0 Å². The lowest BCUT2D eigenvalue weighted by molar-refractivity contribution is 0.756. The van der Waals surface area contributed by atoms with Crippen molar-refractivity contribution in [3.63, 3.8) is 0 Å². The lowest BCUT2D eigenvalue weighted by Crippen LogP contribution is -1.88. The first-order valence-electron chi connectivity index (χ1n) is 1.89. The van der Waals surface area contributed by atoms with Gasteiger partial charge in [-0.1, -0.05) is 15.9 Å². The van der Waals surface area contributed by atoms with Crippen LogP contribution in [0.25, 0.3) is 0 Å². The lowest BCUT2D eigenvalue weighted by atomic mass is 10.8. The molecule has 0 N–H and O–H groups in total. The maximum atomic E-state index is 3.78. The molecule has 37 valence electrons. The Labute approximate surface area is 50.3 Å². The summed E-state index contributed by atoms with van der Waals surface area (Å²) in [6.07, 6.45) is 4.51. The standard InChI is InChI=1S/C4H4BrN2/c5-4-7-3-1-2-6-7/h1,3H,4H2. The van der Waals surface area contributed by atoms with Gasteiger partial charge >= 0.3 is 0 Å². The van der Waals surface area contributed by atoms with Crippen molar-refractivity contribution in [2.75, 3.05) is 0 Å². The molecule has 0 aromatic carbocycles. The molecule has 0 saturated heterocycles. The van der Waals surface area contributed by atoms with Gasteiger partial charge in [-0.3, -0.25) is 4.68 Å². The Kier molecular flexibility index (Phi) is 1.46. The van der Waals surface area contributed by atoms with E-state index in [2.05, 4.69) is 27.2 Å². The van der Waals surface area contributed by atoms with Crippen LogP contribution in [0.1, 0.15) is 0 Å². The van der Waals surface area contributed by atoms with Crippen LogP contribution in [0.5, 0.6) is 0 Å². The molecule has 0 atom stereocenters. The van der Waals surface area contributed by atoms with Crippen molar-refractivity contribution in [1.82, 2.24) is 9.78 Å². The Balaban J connectivity index is 2.76. The highest BCUT2D eigenvalue weighted by Crippen LogP contribution is 1.87. The topological polar surface area (TPSA) is 17.8 Å². The van der Waals surface area contributed by atoms with Crippen LogP contribution in [-0.2, 0) is 5.45 Å². The first kappa shape index (κ1) is 4.84. The Bertz CT molecular complexity index is 124. The van der Waals surface area contributed by atoms with Crippen LogP contribution >= 0.6 is 15.9 Å². The number of hydrogen-bond donors (Lipinski definition) is 0. The molecule has 3 heteroatoms. The van der Waals surface area contributed by atoms with Gasteiger partial charge in [0.2, 0.25) is 0 Å². The number of alkyl halides is 1. The van der Waals surface area contributed by atoms with Crippen LogP contribution in [0.15, 0.2) is 12.3 Å². The van der Waals surface area contributed by atoms with Crippen LogP contribution < -0.4 is 0 Å². The highest BCUT2D eigenvalue weighted by atomic mass is 79.9. The van der Waals surface area contributed by atoms with E-state index in [0.29, 0.717) is 0 Å². The summed E-state index contributed by atoms with van der Waals surface area (Å²) in [6, 6.07) is 1.77. The molecule has 7 heavy (non-hydrogen) atoms. The van der Waals surface area contributed by atoms with E-state index in [-0.39, 0.29) is 0 Å². The quantitative estimate of drug-likeness (QED) is 0.561. The number of nitrogens with zero attached hydrogens (tertiary/aromatic N) is 2. The maximum Gasteiger partial charge on any atom is 0.113 e. The van der Waals surface area contributed by atoms with Crippen LogP contribution in [0.4, 0.5) is 0 Å². The zero-order chi connectivity index (χ0) is 5.11. The van der Waals surface area contributed by atoms with Crippen LogP contribution in [0, 0.1) is 6.20 Å². The van der Waals surface area contributed by atoms with Crippen molar-refractivity contribution in [3.8, 4) is 0 Å². The average Bonchev–Trinajstić information content (AvgIpc) is 2.14. The van der Waals surface area contributed by atoms with Gasteiger partial charge in [0.1, 0.15) is 6.20 Å². The normalized spacial score (nSPS) is 9.29. The Morgan fingerprint density at radius 1 is 1.86 bits per heavy atom. The number of halogens is 1. The smallest absolute Gasteiger partial charge is 0.113 e. The fourth-order valence-electron chi connectivity index (χ4n) is 0.327. The summed E-state index contributed by atoms with van der Waals surface area (Å²) in [7, 11) is 0. The largest absolute Gasteiger partial charge is 0.261 e. The van der Waals surface area contributed by atoms with Crippen LogP contribution in [0.3, 0.4) is 0 Å². The fraction of sp³-hybridized carbons (Fsp3) is 0.250. The van der Waals surface area contributed by atoms with Gasteiger partial charge in [0, 0.05) is 6.20 Å². The van der Waals surface area contributed by atoms with E-state index >= 15 is 0 Å². The Morgan fingerprint density at radius 3 is 3.00 bits per heavy atom. The van der Waals surface area contributed by atoms with Gasteiger partial charge in [-0.25, -0.2) is 0 Å². The highest BCUT2D eigenvalue weighted by molar-refractivity contribution is 9.08. The molecule has 1 heterocycles. The van der Waals surface area contributed by atoms with E-state index in [1.807, 2.05) is 6.20 Å². The van der Waals surface area contributed by atoms with Gasteiger partial charge in [0.15, 0.2) is 0 Å². The summed E-state index contributed by atoms with van der Waals surface area (Å²) in [5.41, 5.74) is 0.747. The molecule has 0 amide bonds. The number of rotatable bonds is 1. The molecule has 1 aromatic rings. The highest BCUT2D eigenvalue weighted by Gasteiger charge is 1.79. The van der Waals surface area contributed by atoms with E-state index in [1.54, 1.807) is 10.7 Å². The van der Waals surface area contributed by atoms with E-state index in [1.165, 1.54) is 0 Å². The van der Waals surface area contributed by atoms with Gasteiger partial charge < -0.3 is 0 Å². The van der Waals surface area contributed by atoms with E-state index in [9.17, 15) is 0 Å². The molecule has 0 unspecified atom stereocenters. The van der Waals surface area contributed by atoms with Crippen molar-refractivity contribution in [2.24, 2.45) is 0 Å². The minimum Gasteiger partial charge on any atom is -0.261 e. The Hall–Kier alpha value is -0.310. The minimum atomic E-state index is 0.747. The van der Waals surface area contributed by atoms with Gasteiger partial charge in [0.05, 0.1) is 5.45 Å². The molecule has 1 aromatic heterocycles. The van der Waals surface area contributed by atoms with Gasteiger partial charge in [-0.2, -0.15) is 5.10 Å². The second-order valence-corrected chi connectivity index (χ2v) is 1.61. The van der Waals surface area contributed by atoms with Crippen LogP contribution in [0.2, 0.25) is 0 Å². The first-order valence-corrected chi connectivity index (χ1v) is 3.01. The number of aromatic nitrogens is 2. The van der Waals surface area contributed by atoms with Gasteiger partial charge in [-0.05, 0) is 6.07 Å². The summed E-state index contributed by atoms with van der Waals surface area (Å²) in [4.78, 5) is 0. The van der Waals surface area contributed by atoms with Gasteiger partial charge in [-0.15, -0.1) is 0 Å². The number of hydrogen-bond acceptors (Lipinski definition) is 1. The predicted octanol–water partition coefficient (Wildman–Crippen LogP) is 1.04. The van der Waals surface area contributed by atoms with Crippen molar-refractivity contribution in [1.29, 1.82) is 0 Å². The fourth-order valence-corrected chi connectivity index (χ4v) is 0.606. The predicted molar refractivity (Wildman–Crippen MR) is 30.0 cm³/mol. The van der Waals surface area contributed by atoms with E-state index in [0.717, 1.165) is 5.45 Å². The molecule has 0 aliphatic rings. The van der Waals surface area contributed by atoms with E-state index in [4.69, 9.17) is 0 Å². The Morgan fingerprint density at radius 2 is 2.71 bits per heavy atom. The molecule has 0 saturated carbocycles. The summed E-state index contributed by atoms with van der Waals surface area (Å²) >= 11 is 3.22. The molecular weight excluding hydrogens is 156 g/mol. The zero-order valence-corrected chi connectivity index (χ0v) is 5.22. The summed E-state index contributed by atoms with van der Waals surface area (Å²) in [5, 5.41) is 3.78. The maximum absolute atomic E-state index is 3.78. The van der Waals surface area contributed by atoms with Crippen molar-refractivity contribution < 1.29 is 0 Å². The van der Waals surface area contributed by atoms with Crippen LogP contribution in [-0.4, -0.2) is 9.78 Å². The molecule has 0 aliphatic carbocycles. The SMILES string of the molecule is BrCn1cc[c]n1. The lowest BCUT2D eigenvalue weighted by Gasteiger charge is -1.85. The minimum absolute atomic E-state index is 0.747. The van der Waals surface area contributed by atoms with Crippen molar-refractivity contribution >= 4 is 15.9 Å². The second kappa shape index (κ2) is 2.12. The summed E-state index contributed by atoms with van der Waals surface area (Å²) in [6.45, 7) is 0. The third kappa shape index (κ3) is 1.03. The molecule has 1 radical (unpaired) electrons. The molecule has 0 aliphatic heterocycles. The average molecular weight is 160 g/mol. The molecule has 2 nitrogen and oxygen atoms in total. The summed E-state index contributed by atoms with van der Waals surface area (Å²) < 4.78 is 1.74. The second-order valence-electron chi connectivity index (χ2n) is 1.10. The van der Waals surface area contributed by atoms with Crippen molar-refractivity contribution in [3.05, 3.63) is 18.5 Å². The monoisotopic (exact) mass is 159 g/mol. The molecule has 0 fully saturated rings. The van der Waals surface area contributed by atoms with Gasteiger partial charge in [0.25, 0.3) is 0 Å². The molecule has 0 bridgehead atoms. The third-order valence-electron chi connectivity index (χ3n) is 0.630. The molecule has 1 rings (SSSR count). The van der Waals surface area contributed by atoms with Crippen molar-refractivity contribution in [2.45, 2.75) is 5.45 Å². The third-order valence-corrected chi connectivity index (χ3v) is 1.14. The zero-order valence-electron chi connectivity index (χ0n) is 3.63.